The predicted octanol–water partition coefficient (Wildman–Crippen LogP) is -0.237. The van der Waals surface area contributed by atoms with E-state index in [0.29, 0.717) is 12.2 Å². The Morgan fingerprint density at radius 2 is 2.50 bits per heavy atom. The number of rotatable bonds is 5. The van der Waals surface area contributed by atoms with E-state index >= 15 is 0 Å². The molecule has 1 aliphatic rings. The summed E-state index contributed by atoms with van der Waals surface area (Å²) in [5.41, 5.74) is 0. The van der Waals surface area contributed by atoms with Crippen LogP contribution in [-0.4, -0.2) is 45.0 Å². The summed E-state index contributed by atoms with van der Waals surface area (Å²) in [6.07, 6.45) is 1.67. The predicted molar refractivity (Wildman–Crippen MR) is 62.1 cm³/mol. The van der Waals surface area contributed by atoms with Crippen LogP contribution in [0.3, 0.4) is 0 Å². The van der Waals surface area contributed by atoms with Crippen molar-refractivity contribution in [3.8, 4) is 0 Å². The molecule has 1 aromatic rings. The summed E-state index contributed by atoms with van der Waals surface area (Å²) in [6.45, 7) is -0.276. The highest BCUT2D eigenvalue weighted by Crippen LogP contribution is 2.30. The molecule has 1 aromatic heterocycles. The second-order valence-electron chi connectivity index (χ2n) is 3.74. The fourth-order valence-corrected chi connectivity index (χ4v) is 2.27. The molecule has 3 N–H and O–H groups in total. The second-order valence-corrected chi connectivity index (χ2v) is 4.51. The standard InChI is InChI=1S/C9H14N3O5P/c13-4-7-6(17-18(14)15)3-9(16-7)12-8-1-2-10-5-11-8/h1-2,5-7,9,13,18H,3-4H2,(H,14,15)(H,10,11,12)/t6?,7-,9-/m1/s1. The minimum atomic E-state index is -3.05. The Balaban J connectivity index is 1.94. The third-order valence-corrected chi connectivity index (χ3v) is 3.03. The van der Waals surface area contributed by atoms with Crippen LogP contribution in [-0.2, 0) is 13.8 Å². The van der Waals surface area contributed by atoms with E-state index in [4.69, 9.17) is 19.3 Å². The summed E-state index contributed by atoms with van der Waals surface area (Å²) < 4.78 is 20.9. The zero-order chi connectivity index (χ0) is 13.0. The van der Waals surface area contributed by atoms with Crippen molar-refractivity contribution in [1.82, 2.24) is 9.97 Å². The van der Waals surface area contributed by atoms with Crippen LogP contribution in [0.5, 0.6) is 0 Å². The van der Waals surface area contributed by atoms with Crippen molar-refractivity contribution in [3.63, 3.8) is 0 Å². The first kappa shape index (κ1) is 13.4. The lowest BCUT2D eigenvalue weighted by Crippen LogP contribution is -2.26. The fourth-order valence-electron chi connectivity index (χ4n) is 1.77. The Labute approximate surface area is 104 Å². The molecule has 0 saturated carbocycles. The van der Waals surface area contributed by atoms with E-state index in [1.807, 2.05) is 0 Å². The van der Waals surface area contributed by atoms with Gasteiger partial charge in [-0.1, -0.05) is 0 Å². The Bertz CT molecular complexity index is 406. The summed E-state index contributed by atoms with van der Waals surface area (Å²) >= 11 is 0. The van der Waals surface area contributed by atoms with Crippen LogP contribution >= 0.6 is 8.25 Å². The van der Waals surface area contributed by atoms with E-state index in [-0.39, 0.29) is 6.61 Å². The topological polar surface area (TPSA) is 114 Å². The van der Waals surface area contributed by atoms with Gasteiger partial charge in [0.05, 0.1) is 12.7 Å². The molecular formula is C9H14N3O5P. The van der Waals surface area contributed by atoms with Gasteiger partial charge < -0.3 is 24.6 Å². The van der Waals surface area contributed by atoms with Crippen molar-refractivity contribution in [2.75, 3.05) is 11.9 Å². The molecule has 18 heavy (non-hydrogen) atoms. The van der Waals surface area contributed by atoms with Gasteiger partial charge in [-0.25, -0.2) is 9.97 Å². The molecule has 0 radical (unpaired) electrons. The minimum absolute atomic E-state index is 0.276. The molecule has 1 aliphatic heterocycles. The molecule has 9 heteroatoms. The van der Waals surface area contributed by atoms with Crippen LogP contribution in [0.2, 0.25) is 0 Å². The molecule has 0 aromatic carbocycles. The van der Waals surface area contributed by atoms with Gasteiger partial charge >= 0.3 is 8.25 Å². The first-order valence-electron chi connectivity index (χ1n) is 5.37. The highest BCUT2D eigenvalue weighted by atomic mass is 31.1. The molecule has 2 rings (SSSR count). The number of anilines is 1. The third kappa shape index (κ3) is 3.47. The molecule has 2 unspecified atom stereocenters. The minimum Gasteiger partial charge on any atom is -0.394 e. The average Bonchev–Trinajstić information content (AvgIpc) is 2.71. The number of aromatic nitrogens is 2. The second kappa shape index (κ2) is 6.21. The highest BCUT2D eigenvalue weighted by Gasteiger charge is 2.36. The molecule has 1 fully saturated rings. The van der Waals surface area contributed by atoms with E-state index < -0.39 is 26.7 Å². The lowest BCUT2D eigenvalue weighted by Gasteiger charge is -2.14. The van der Waals surface area contributed by atoms with E-state index in [1.54, 1.807) is 12.3 Å². The zero-order valence-electron chi connectivity index (χ0n) is 9.39. The van der Waals surface area contributed by atoms with Crippen LogP contribution in [0, 0.1) is 0 Å². The number of hydrogen-bond donors (Lipinski definition) is 3. The summed E-state index contributed by atoms with van der Waals surface area (Å²) in [4.78, 5) is 16.5. The molecule has 4 atom stereocenters. The van der Waals surface area contributed by atoms with Gasteiger partial charge in [-0.3, -0.25) is 4.57 Å². The number of aliphatic hydroxyl groups is 1. The van der Waals surface area contributed by atoms with Gasteiger partial charge in [0.1, 0.15) is 24.5 Å². The van der Waals surface area contributed by atoms with Crippen molar-refractivity contribution in [1.29, 1.82) is 0 Å². The van der Waals surface area contributed by atoms with Crippen LogP contribution in [0.4, 0.5) is 5.82 Å². The number of aliphatic hydroxyl groups excluding tert-OH is 1. The molecule has 8 nitrogen and oxygen atoms in total. The summed E-state index contributed by atoms with van der Waals surface area (Å²) in [6, 6.07) is 1.67. The Kier molecular flexibility index (Phi) is 4.62. The number of nitrogens with zero attached hydrogens (tertiary/aromatic N) is 2. The lowest BCUT2D eigenvalue weighted by molar-refractivity contribution is -0.00894. The normalized spacial score (nSPS) is 29.1. The van der Waals surface area contributed by atoms with Crippen LogP contribution in [0.25, 0.3) is 0 Å². The lowest BCUT2D eigenvalue weighted by atomic mass is 10.2. The number of ether oxygens (including phenoxy) is 1. The zero-order valence-corrected chi connectivity index (χ0v) is 10.4. The molecule has 100 valence electrons. The molecule has 0 amide bonds. The maximum Gasteiger partial charge on any atom is 0.316 e. The highest BCUT2D eigenvalue weighted by molar-refractivity contribution is 7.32. The Morgan fingerprint density at radius 3 is 3.11 bits per heavy atom. The molecule has 1 saturated heterocycles. The monoisotopic (exact) mass is 275 g/mol. The van der Waals surface area contributed by atoms with Gasteiger partial charge in [0.15, 0.2) is 0 Å². The van der Waals surface area contributed by atoms with Gasteiger partial charge in [0.25, 0.3) is 0 Å². The Hall–Kier alpha value is -1.05. The number of nitrogens with one attached hydrogen (secondary N) is 1. The first-order valence-corrected chi connectivity index (χ1v) is 6.64. The maximum absolute atomic E-state index is 10.7. The summed E-state index contributed by atoms with van der Waals surface area (Å²) in [5.74, 6) is 0.573. The van der Waals surface area contributed by atoms with Crippen molar-refractivity contribution >= 4 is 14.1 Å². The summed E-state index contributed by atoms with van der Waals surface area (Å²) in [7, 11) is -3.05. The molecular weight excluding hydrogens is 261 g/mol. The van der Waals surface area contributed by atoms with Gasteiger partial charge in [-0.2, -0.15) is 0 Å². The average molecular weight is 275 g/mol. The van der Waals surface area contributed by atoms with Crippen LogP contribution in [0.1, 0.15) is 6.42 Å². The van der Waals surface area contributed by atoms with Crippen molar-refractivity contribution in [2.24, 2.45) is 0 Å². The quantitative estimate of drug-likeness (QED) is 0.631. The van der Waals surface area contributed by atoms with E-state index in [1.165, 1.54) is 6.33 Å². The number of hydrogen-bond acceptors (Lipinski definition) is 7. The summed E-state index contributed by atoms with van der Waals surface area (Å²) in [5, 5.41) is 12.1. The molecule has 0 aliphatic carbocycles. The SMILES string of the molecule is O=[PH](O)OC1C[C@H](Nc2ccncn2)O[C@@H]1CO. The first-order chi connectivity index (χ1) is 8.69. The van der Waals surface area contributed by atoms with Gasteiger partial charge in [0, 0.05) is 12.6 Å². The van der Waals surface area contributed by atoms with Gasteiger partial charge in [-0.05, 0) is 6.07 Å². The fraction of sp³-hybridized carbons (Fsp3) is 0.556. The molecule has 0 spiro atoms. The van der Waals surface area contributed by atoms with Gasteiger partial charge in [0.2, 0.25) is 0 Å². The smallest absolute Gasteiger partial charge is 0.316 e. The Morgan fingerprint density at radius 1 is 1.67 bits per heavy atom. The van der Waals surface area contributed by atoms with Gasteiger partial charge in [-0.15, -0.1) is 0 Å². The largest absolute Gasteiger partial charge is 0.394 e. The van der Waals surface area contributed by atoms with Crippen molar-refractivity contribution < 1.29 is 23.8 Å². The van der Waals surface area contributed by atoms with E-state index in [9.17, 15) is 4.57 Å². The van der Waals surface area contributed by atoms with E-state index in [0.717, 1.165) is 0 Å². The maximum atomic E-state index is 10.7. The molecule has 0 bridgehead atoms. The van der Waals surface area contributed by atoms with Crippen molar-refractivity contribution in [2.45, 2.75) is 24.9 Å². The molecule has 2 heterocycles. The third-order valence-electron chi connectivity index (χ3n) is 2.52. The van der Waals surface area contributed by atoms with E-state index in [2.05, 4.69) is 15.3 Å². The van der Waals surface area contributed by atoms with Crippen LogP contribution < -0.4 is 5.32 Å². The van der Waals surface area contributed by atoms with Crippen LogP contribution in [0.15, 0.2) is 18.6 Å². The van der Waals surface area contributed by atoms with Crippen molar-refractivity contribution in [3.05, 3.63) is 18.6 Å².